The maximum Gasteiger partial charge on any atom is 0.315 e. The summed E-state index contributed by atoms with van der Waals surface area (Å²) in [4.78, 5) is 23.2. The summed E-state index contributed by atoms with van der Waals surface area (Å²) in [5.74, 6) is 1.18. The topological polar surface area (TPSA) is 70.2 Å². The zero-order chi connectivity index (χ0) is 17.6. The number of thioether (sulfide) groups is 1. The number of nitrogens with one attached hydrogen (secondary N) is 3. The highest BCUT2D eigenvalue weighted by Gasteiger charge is 2.42. The third-order valence-electron chi connectivity index (χ3n) is 4.76. The van der Waals surface area contributed by atoms with E-state index in [1.807, 2.05) is 11.8 Å². The van der Waals surface area contributed by atoms with Crippen molar-refractivity contribution in [1.82, 2.24) is 16.0 Å². The normalized spacial score (nSPS) is 26.0. The average Bonchev–Trinajstić information content (AvgIpc) is 3.01. The third-order valence-corrected chi connectivity index (χ3v) is 6.26. The number of carbonyl (C=O) groups is 2. The first kappa shape index (κ1) is 19.4. The molecule has 0 spiro atoms. The molecule has 2 heterocycles. The summed E-state index contributed by atoms with van der Waals surface area (Å²) in [6.45, 7) is 7.56. The molecule has 2 saturated heterocycles. The summed E-state index contributed by atoms with van der Waals surface area (Å²) < 4.78 is 0. The minimum absolute atomic E-state index is 0.0267. The van der Waals surface area contributed by atoms with Crippen molar-refractivity contribution in [3.05, 3.63) is 0 Å². The second-order valence-corrected chi connectivity index (χ2v) is 9.51. The van der Waals surface area contributed by atoms with Crippen molar-refractivity contribution in [1.29, 1.82) is 0 Å². The summed E-state index contributed by atoms with van der Waals surface area (Å²) in [6, 6.07) is 0.546. The fraction of sp³-hybridized carbons (Fsp3) is 0.889. The minimum atomic E-state index is -0.0267. The third kappa shape index (κ3) is 6.54. The number of amides is 3. The molecular formula is C18H33N3O2S. The lowest BCUT2D eigenvalue weighted by atomic mass is 9.90. The van der Waals surface area contributed by atoms with Gasteiger partial charge in [-0.05, 0) is 31.1 Å². The zero-order valence-corrected chi connectivity index (χ0v) is 16.1. The van der Waals surface area contributed by atoms with Gasteiger partial charge >= 0.3 is 6.03 Å². The molecule has 0 aliphatic carbocycles. The molecule has 3 N–H and O–H groups in total. The van der Waals surface area contributed by atoms with E-state index in [0.29, 0.717) is 23.1 Å². The lowest BCUT2D eigenvalue weighted by molar-refractivity contribution is -0.121. The Bertz CT molecular complexity index is 436. The highest BCUT2D eigenvalue weighted by molar-refractivity contribution is 8.00. The molecule has 5 nitrogen and oxygen atoms in total. The molecule has 24 heavy (non-hydrogen) atoms. The fourth-order valence-corrected chi connectivity index (χ4v) is 4.91. The van der Waals surface area contributed by atoms with Crippen molar-refractivity contribution in [2.75, 3.05) is 12.3 Å². The molecule has 0 saturated carbocycles. The predicted molar refractivity (Wildman–Crippen MR) is 100 cm³/mol. The van der Waals surface area contributed by atoms with E-state index >= 15 is 0 Å². The molecule has 138 valence electrons. The number of rotatable bonds is 9. The summed E-state index contributed by atoms with van der Waals surface area (Å²) in [7, 11) is 0. The Morgan fingerprint density at radius 1 is 1.21 bits per heavy atom. The van der Waals surface area contributed by atoms with Gasteiger partial charge in [0.2, 0.25) is 5.91 Å². The molecule has 0 aromatic rings. The van der Waals surface area contributed by atoms with Gasteiger partial charge in [0.05, 0.1) is 12.1 Å². The first-order valence-corrected chi connectivity index (χ1v) is 10.4. The SMILES string of the molecule is CC(C)(C)CCCCNC(=O)CCCCC1SCC2NC(=O)NC21. The molecule has 3 atom stereocenters. The van der Waals surface area contributed by atoms with Crippen LogP contribution in [0.3, 0.4) is 0 Å². The number of urea groups is 1. The van der Waals surface area contributed by atoms with Gasteiger partial charge in [-0.15, -0.1) is 0 Å². The van der Waals surface area contributed by atoms with E-state index in [9.17, 15) is 9.59 Å². The van der Waals surface area contributed by atoms with Crippen LogP contribution in [0.4, 0.5) is 4.79 Å². The molecule has 2 aliphatic heterocycles. The van der Waals surface area contributed by atoms with Crippen LogP contribution >= 0.6 is 11.8 Å². The van der Waals surface area contributed by atoms with Crippen molar-refractivity contribution in [3.8, 4) is 0 Å². The molecular weight excluding hydrogens is 322 g/mol. The molecule has 0 bridgehead atoms. The molecule has 0 radical (unpaired) electrons. The van der Waals surface area contributed by atoms with Crippen LogP contribution in [-0.4, -0.2) is 41.6 Å². The standard InChI is InChI=1S/C18H33N3O2S/c1-18(2,3)10-6-7-11-19-15(22)9-5-4-8-14-16-13(12-24-14)20-17(23)21-16/h13-14,16H,4-12H2,1-3H3,(H,19,22)(H2,20,21,23). The quantitative estimate of drug-likeness (QED) is 0.440. The van der Waals surface area contributed by atoms with Gasteiger partial charge in [0.1, 0.15) is 0 Å². The monoisotopic (exact) mass is 355 g/mol. The molecule has 0 aromatic carbocycles. The van der Waals surface area contributed by atoms with Crippen LogP contribution in [0.1, 0.15) is 65.7 Å². The second kappa shape index (κ2) is 8.97. The Morgan fingerprint density at radius 3 is 2.75 bits per heavy atom. The molecule has 3 amide bonds. The lowest BCUT2D eigenvalue weighted by Gasteiger charge is -2.17. The lowest BCUT2D eigenvalue weighted by Crippen LogP contribution is -2.36. The Hall–Kier alpha value is -0.910. The van der Waals surface area contributed by atoms with Gasteiger partial charge in [0.25, 0.3) is 0 Å². The molecule has 3 unspecified atom stereocenters. The van der Waals surface area contributed by atoms with Crippen LogP contribution in [0.25, 0.3) is 0 Å². The summed E-state index contributed by atoms with van der Waals surface area (Å²) in [5, 5.41) is 9.50. The molecule has 6 heteroatoms. The zero-order valence-electron chi connectivity index (χ0n) is 15.3. The number of unbranched alkanes of at least 4 members (excludes halogenated alkanes) is 2. The summed E-state index contributed by atoms with van der Waals surface area (Å²) >= 11 is 1.94. The first-order valence-electron chi connectivity index (χ1n) is 9.30. The van der Waals surface area contributed by atoms with E-state index < -0.39 is 0 Å². The van der Waals surface area contributed by atoms with E-state index in [2.05, 4.69) is 36.7 Å². The van der Waals surface area contributed by atoms with Crippen LogP contribution < -0.4 is 16.0 Å². The van der Waals surface area contributed by atoms with Crippen LogP contribution in [-0.2, 0) is 4.79 Å². The van der Waals surface area contributed by atoms with E-state index in [1.54, 1.807) is 0 Å². The highest BCUT2D eigenvalue weighted by atomic mass is 32.2. The van der Waals surface area contributed by atoms with Crippen LogP contribution in [0.15, 0.2) is 0 Å². The van der Waals surface area contributed by atoms with Crippen molar-refractivity contribution in [2.24, 2.45) is 5.41 Å². The van der Waals surface area contributed by atoms with Crippen molar-refractivity contribution in [3.63, 3.8) is 0 Å². The van der Waals surface area contributed by atoms with E-state index in [4.69, 9.17) is 0 Å². The number of carbonyl (C=O) groups excluding carboxylic acids is 2. The largest absolute Gasteiger partial charge is 0.356 e. The van der Waals surface area contributed by atoms with Gasteiger partial charge in [0, 0.05) is 24.0 Å². The van der Waals surface area contributed by atoms with Crippen LogP contribution in [0.5, 0.6) is 0 Å². The fourth-order valence-electron chi connectivity index (χ4n) is 3.37. The molecule has 2 fully saturated rings. The van der Waals surface area contributed by atoms with E-state index in [-0.39, 0.29) is 18.0 Å². The summed E-state index contributed by atoms with van der Waals surface area (Å²) in [6.07, 6.45) is 7.12. The van der Waals surface area contributed by atoms with Gasteiger partial charge in [-0.2, -0.15) is 11.8 Å². The predicted octanol–water partition coefficient (Wildman–Crippen LogP) is 3.04. The molecule has 2 rings (SSSR count). The Balaban J connectivity index is 1.47. The van der Waals surface area contributed by atoms with Crippen LogP contribution in [0.2, 0.25) is 0 Å². The first-order chi connectivity index (χ1) is 11.3. The number of fused-ring (bicyclic) bond motifs is 1. The van der Waals surface area contributed by atoms with Gasteiger partial charge < -0.3 is 16.0 Å². The van der Waals surface area contributed by atoms with Crippen molar-refractivity contribution < 1.29 is 9.59 Å². The highest BCUT2D eigenvalue weighted by Crippen LogP contribution is 2.33. The summed E-state index contributed by atoms with van der Waals surface area (Å²) in [5.41, 5.74) is 0.384. The Morgan fingerprint density at radius 2 is 2.00 bits per heavy atom. The Kier molecular flexibility index (Phi) is 7.26. The van der Waals surface area contributed by atoms with Crippen molar-refractivity contribution in [2.45, 2.75) is 83.1 Å². The molecule has 0 aromatic heterocycles. The van der Waals surface area contributed by atoms with Gasteiger partial charge in [-0.1, -0.05) is 33.6 Å². The minimum Gasteiger partial charge on any atom is -0.356 e. The average molecular weight is 356 g/mol. The van der Waals surface area contributed by atoms with Crippen LogP contribution in [0, 0.1) is 5.41 Å². The maximum atomic E-state index is 11.8. The maximum absolute atomic E-state index is 11.8. The van der Waals surface area contributed by atoms with Crippen molar-refractivity contribution >= 4 is 23.7 Å². The Labute approximate surface area is 150 Å². The van der Waals surface area contributed by atoms with Gasteiger partial charge in [-0.25, -0.2) is 4.79 Å². The number of hydrogen-bond acceptors (Lipinski definition) is 3. The smallest absolute Gasteiger partial charge is 0.315 e. The van der Waals surface area contributed by atoms with E-state index in [1.165, 1.54) is 12.8 Å². The van der Waals surface area contributed by atoms with Gasteiger partial charge in [-0.3, -0.25) is 4.79 Å². The van der Waals surface area contributed by atoms with Gasteiger partial charge in [0.15, 0.2) is 0 Å². The van der Waals surface area contributed by atoms with E-state index in [0.717, 1.165) is 38.0 Å². The second-order valence-electron chi connectivity index (χ2n) is 8.24. The molecule has 2 aliphatic rings. The number of hydrogen-bond donors (Lipinski definition) is 3.